The van der Waals surface area contributed by atoms with Crippen LogP contribution in [0.4, 0.5) is 18.0 Å². The van der Waals surface area contributed by atoms with E-state index >= 15 is 0 Å². The van der Waals surface area contributed by atoms with Gasteiger partial charge in [-0.05, 0) is 46.4 Å². The number of hydrogen-bond donors (Lipinski definition) is 3. The van der Waals surface area contributed by atoms with Gasteiger partial charge < -0.3 is 20.3 Å². The SMILES string of the molecule is O=C(NCCC(O)C(O)c1ccc(Cl)cc1C(F)(F)F)OCC1c2ccccc2-c2ccccc21. The number of alkyl halides is 3. The highest BCUT2D eigenvalue weighted by molar-refractivity contribution is 6.30. The summed E-state index contributed by atoms with van der Waals surface area (Å²) in [6, 6.07) is 18.7. The molecule has 35 heavy (non-hydrogen) atoms. The molecule has 2 atom stereocenters. The average molecular weight is 506 g/mol. The van der Waals surface area contributed by atoms with Gasteiger partial charge in [0.25, 0.3) is 0 Å². The molecule has 0 saturated carbocycles. The van der Waals surface area contributed by atoms with Gasteiger partial charge in [-0.2, -0.15) is 13.2 Å². The molecule has 3 aromatic rings. The third-order valence-electron chi connectivity index (χ3n) is 6.06. The lowest BCUT2D eigenvalue weighted by molar-refractivity contribution is -0.140. The molecule has 0 heterocycles. The van der Waals surface area contributed by atoms with Crippen molar-refractivity contribution in [3.8, 4) is 11.1 Å². The van der Waals surface area contributed by atoms with E-state index < -0.39 is 35.6 Å². The minimum Gasteiger partial charge on any atom is -0.449 e. The number of rotatable bonds is 7. The van der Waals surface area contributed by atoms with Gasteiger partial charge in [0.2, 0.25) is 0 Å². The van der Waals surface area contributed by atoms with E-state index in [0.717, 1.165) is 28.3 Å². The van der Waals surface area contributed by atoms with E-state index in [2.05, 4.69) is 5.32 Å². The summed E-state index contributed by atoms with van der Waals surface area (Å²) in [6.07, 6.45) is -9.03. The zero-order valence-electron chi connectivity index (χ0n) is 18.4. The molecule has 0 fully saturated rings. The molecular formula is C26H23ClF3NO4. The van der Waals surface area contributed by atoms with Crippen molar-refractivity contribution in [1.82, 2.24) is 5.32 Å². The number of fused-ring (bicyclic) bond motifs is 3. The van der Waals surface area contributed by atoms with E-state index in [4.69, 9.17) is 16.3 Å². The van der Waals surface area contributed by atoms with Crippen molar-refractivity contribution in [1.29, 1.82) is 0 Å². The van der Waals surface area contributed by atoms with Crippen LogP contribution >= 0.6 is 11.6 Å². The summed E-state index contributed by atoms with van der Waals surface area (Å²) in [5.41, 5.74) is 2.69. The summed E-state index contributed by atoms with van der Waals surface area (Å²) in [5.74, 6) is -0.119. The Labute approximate surface area is 205 Å². The summed E-state index contributed by atoms with van der Waals surface area (Å²) in [6.45, 7) is -0.00536. The molecule has 184 valence electrons. The van der Waals surface area contributed by atoms with Crippen LogP contribution in [0.3, 0.4) is 0 Å². The number of nitrogens with one attached hydrogen (secondary N) is 1. The normalized spacial score (nSPS) is 14.7. The zero-order valence-corrected chi connectivity index (χ0v) is 19.2. The van der Waals surface area contributed by atoms with Crippen LogP contribution < -0.4 is 5.32 Å². The second-order valence-electron chi connectivity index (χ2n) is 8.28. The Bertz CT molecular complexity index is 1170. The molecule has 0 saturated heterocycles. The summed E-state index contributed by atoms with van der Waals surface area (Å²) in [7, 11) is 0. The highest BCUT2D eigenvalue weighted by Crippen LogP contribution is 2.44. The molecular weight excluding hydrogens is 483 g/mol. The number of alkyl carbamates (subject to hydrolysis) is 1. The van der Waals surface area contributed by atoms with Crippen LogP contribution in [0.15, 0.2) is 66.7 Å². The molecule has 4 rings (SSSR count). The van der Waals surface area contributed by atoms with Crippen LogP contribution in [0, 0.1) is 0 Å². The van der Waals surface area contributed by atoms with Crippen LogP contribution in [0.2, 0.25) is 5.02 Å². The Kier molecular flexibility index (Phi) is 7.35. The smallest absolute Gasteiger partial charge is 0.416 e. The molecule has 2 unspecified atom stereocenters. The van der Waals surface area contributed by atoms with Crippen molar-refractivity contribution in [2.24, 2.45) is 0 Å². The topological polar surface area (TPSA) is 78.8 Å². The predicted octanol–water partition coefficient (Wildman–Crippen LogP) is 5.68. The number of carbonyl (C=O) groups excluding carboxylic acids is 1. The van der Waals surface area contributed by atoms with Gasteiger partial charge in [-0.3, -0.25) is 0 Å². The lowest BCUT2D eigenvalue weighted by Crippen LogP contribution is -2.31. The van der Waals surface area contributed by atoms with Crippen LogP contribution in [0.5, 0.6) is 0 Å². The van der Waals surface area contributed by atoms with Crippen LogP contribution in [0.25, 0.3) is 11.1 Å². The van der Waals surface area contributed by atoms with Crippen molar-refractivity contribution in [3.63, 3.8) is 0 Å². The lowest BCUT2D eigenvalue weighted by Gasteiger charge is -2.22. The van der Waals surface area contributed by atoms with Gasteiger partial charge in [0.1, 0.15) is 12.7 Å². The average Bonchev–Trinajstić information content (AvgIpc) is 3.15. The van der Waals surface area contributed by atoms with Gasteiger partial charge in [-0.15, -0.1) is 0 Å². The number of halogens is 4. The Morgan fingerprint density at radius 3 is 2.20 bits per heavy atom. The molecule has 0 radical (unpaired) electrons. The maximum atomic E-state index is 13.3. The molecule has 3 aromatic carbocycles. The van der Waals surface area contributed by atoms with Gasteiger partial charge in [-0.1, -0.05) is 66.2 Å². The fraction of sp³-hybridized carbons (Fsp3) is 0.269. The van der Waals surface area contributed by atoms with Crippen LogP contribution in [-0.2, 0) is 10.9 Å². The second kappa shape index (κ2) is 10.3. The van der Waals surface area contributed by atoms with Gasteiger partial charge in [0.05, 0.1) is 11.7 Å². The van der Waals surface area contributed by atoms with Crippen molar-refractivity contribution >= 4 is 17.7 Å². The van der Waals surface area contributed by atoms with Crippen molar-refractivity contribution in [3.05, 3.63) is 94.0 Å². The third kappa shape index (κ3) is 5.45. The van der Waals surface area contributed by atoms with Crippen LogP contribution in [-0.4, -0.2) is 35.6 Å². The number of aliphatic hydroxyl groups is 2. The largest absolute Gasteiger partial charge is 0.449 e. The summed E-state index contributed by atoms with van der Waals surface area (Å²) < 4.78 is 45.2. The number of ether oxygens (including phenoxy) is 1. The fourth-order valence-electron chi connectivity index (χ4n) is 4.37. The first-order valence-corrected chi connectivity index (χ1v) is 11.4. The standard InChI is InChI=1S/C26H23ClF3NO4/c27-15-9-10-20(22(13-15)26(28,29)30)24(33)23(32)11-12-31-25(34)35-14-21-18-7-3-1-5-16(18)17-6-2-4-8-19(17)21/h1-10,13,21,23-24,32-33H,11-12,14H2,(H,31,34). The summed E-state index contributed by atoms with van der Waals surface area (Å²) in [4.78, 5) is 12.2. The van der Waals surface area contributed by atoms with Gasteiger partial charge >= 0.3 is 12.3 Å². The van der Waals surface area contributed by atoms with Gasteiger partial charge in [0.15, 0.2) is 0 Å². The maximum absolute atomic E-state index is 13.3. The Hall–Kier alpha value is -3.07. The molecule has 5 nitrogen and oxygen atoms in total. The molecule has 9 heteroatoms. The molecule has 1 amide bonds. The van der Waals surface area contributed by atoms with E-state index in [9.17, 15) is 28.2 Å². The third-order valence-corrected chi connectivity index (χ3v) is 6.29. The fourth-order valence-corrected chi connectivity index (χ4v) is 4.54. The van der Waals surface area contributed by atoms with E-state index in [1.54, 1.807) is 0 Å². The molecule has 0 spiro atoms. The molecule has 1 aliphatic rings. The van der Waals surface area contributed by atoms with Crippen molar-refractivity contribution < 1.29 is 32.9 Å². The molecule has 1 aliphatic carbocycles. The number of carbonyl (C=O) groups is 1. The first kappa shape index (κ1) is 25.0. The van der Waals surface area contributed by atoms with E-state index in [0.29, 0.717) is 6.07 Å². The predicted molar refractivity (Wildman–Crippen MR) is 125 cm³/mol. The molecule has 0 aliphatic heterocycles. The summed E-state index contributed by atoms with van der Waals surface area (Å²) in [5, 5.41) is 22.8. The molecule has 3 N–H and O–H groups in total. The van der Waals surface area contributed by atoms with E-state index in [1.165, 1.54) is 6.07 Å². The minimum absolute atomic E-state index is 0.102. The first-order chi connectivity index (χ1) is 16.7. The van der Waals surface area contributed by atoms with Crippen molar-refractivity contribution in [2.45, 2.75) is 30.7 Å². The highest BCUT2D eigenvalue weighted by atomic mass is 35.5. The lowest BCUT2D eigenvalue weighted by atomic mass is 9.96. The van der Waals surface area contributed by atoms with Crippen LogP contribution in [0.1, 0.15) is 40.7 Å². The van der Waals surface area contributed by atoms with Gasteiger partial charge in [0, 0.05) is 17.5 Å². The number of hydrogen-bond acceptors (Lipinski definition) is 4. The quantitative estimate of drug-likeness (QED) is 0.386. The monoisotopic (exact) mass is 505 g/mol. The number of aliphatic hydroxyl groups excluding tert-OH is 2. The van der Waals surface area contributed by atoms with Gasteiger partial charge in [-0.25, -0.2) is 4.79 Å². The van der Waals surface area contributed by atoms with E-state index in [1.807, 2.05) is 48.5 Å². The van der Waals surface area contributed by atoms with Crippen molar-refractivity contribution in [2.75, 3.05) is 13.2 Å². The van der Waals surface area contributed by atoms with E-state index in [-0.39, 0.29) is 30.5 Å². The highest BCUT2D eigenvalue weighted by Gasteiger charge is 2.36. The molecule has 0 bridgehead atoms. The Morgan fingerprint density at radius 1 is 1.00 bits per heavy atom. The molecule has 0 aromatic heterocycles. The minimum atomic E-state index is -4.75. The first-order valence-electron chi connectivity index (χ1n) is 11.0. The zero-order chi connectivity index (χ0) is 25.2. The number of amides is 1. The Balaban J connectivity index is 1.31. The number of benzene rings is 3. The Morgan fingerprint density at radius 2 is 1.60 bits per heavy atom. The summed E-state index contributed by atoms with van der Waals surface area (Å²) >= 11 is 5.65. The maximum Gasteiger partial charge on any atom is 0.416 e. The second-order valence-corrected chi connectivity index (χ2v) is 8.72.